The van der Waals surface area contributed by atoms with Gasteiger partial charge in [-0.05, 0) is 54.9 Å². The summed E-state index contributed by atoms with van der Waals surface area (Å²) in [6.45, 7) is 5.58. The predicted octanol–water partition coefficient (Wildman–Crippen LogP) is 2.89. The van der Waals surface area contributed by atoms with Gasteiger partial charge in [-0.25, -0.2) is 0 Å². The van der Waals surface area contributed by atoms with Crippen LogP contribution in [0.1, 0.15) is 26.3 Å². The number of nitriles is 1. The van der Waals surface area contributed by atoms with Gasteiger partial charge >= 0.3 is 0 Å². The lowest BCUT2D eigenvalue weighted by Gasteiger charge is -2.31. The van der Waals surface area contributed by atoms with Crippen LogP contribution < -0.4 is 5.32 Å². The normalized spacial score (nSPS) is 13.0. The molecule has 0 saturated carbocycles. The van der Waals surface area contributed by atoms with Crippen LogP contribution in [0.4, 0.5) is 5.69 Å². The summed E-state index contributed by atoms with van der Waals surface area (Å²) in [4.78, 5) is 0. The topological polar surface area (TPSA) is 56.0 Å². The number of aliphatic hydroxyl groups is 1. The highest BCUT2D eigenvalue weighted by atomic mass is 79.9. The third kappa shape index (κ3) is 2.97. The van der Waals surface area contributed by atoms with E-state index in [-0.39, 0.29) is 0 Å². The number of halogens is 1. The number of hydrogen-bond acceptors (Lipinski definition) is 3. The minimum absolute atomic E-state index is 0.420. The number of benzene rings is 1. The zero-order valence-corrected chi connectivity index (χ0v) is 11.2. The molecule has 4 heteroatoms. The Bertz CT molecular complexity index is 422. The van der Waals surface area contributed by atoms with Crippen molar-refractivity contribution in [1.29, 1.82) is 5.26 Å². The van der Waals surface area contributed by atoms with Gasteiger partial charge in [-0.1, -0.05) is 0 Å². The summed E-state index contributed by atoms with van der Waals surface area (Å²) in [6, 6.07) is 7.39. The van der Waals surface area contributed by atoms with Crippen LogP contribution in [0.25, 0.3) is 0 Å². The number of hydrogen-bond donors (Lipinski definition) is 2. The first-order valence-electron chi connectivity index (χ1n) is 5.02. The minimum atomic E-state index is -0.477. The van der Waals surface area contributed by atoms with Crippen LogP contribution >= 0.6 is 15.9 Å². The maximum absolute atomic E-state index is 9.60. The molecule has 86 valence electrons. The molecule has 16 heavy (non-hydrogen) atoms. The van der Waals surface area contributed by atoms with E-state index < -0.39 is 11.6 Å². The van der Waals surface area contributed by atoms with Crippen LogP contribution in [0.2, 0.25) is 0 Å². The van der Waals surface area contributed by atoms with Crippen LogP contribution in [0, 0.1) is 11.3 Å². The number of nitrogens with zero attached hydrogens (tertiary/aromatic N) is 1. The van der Waals surface area contributed by atoms with Gasteiger partial charge in [0.1, 0.15) is 0 Å². The van der Waals surface area contributed by atoms with Crippen molar-refractivity contribution in [1.82, 2.24) is 0 Å². The fraction of sp³-hybridized carbons (Fsp3) is 0.417. The van der Waals surface area contributed by atoms with Gasteiger partial charge in [-0.2, -0.15) is 5.26 Å². The Hall–Kier alpha value is -1.05. The molecule has 0 radical (unpaired) electrons. The highest BCUT2D eigenvalue weighted by Crippen LogP contribution is 2.27. The number of rotatable bonds is 3. The summed E-state index contributed by atoms with van der Waals surface area (Å²) in [6.07, 6.45) is -0.477. The molecule has 0 spiro atoms. The largest absolute Gasteiger partial charge is 0.391 e. The summed E-state index contributed by atoms with van der Waals surface area (Å²) >= 11 is 3.39. The average Bonchev–Trinajstić information content (AvgIpc) is 2.20. The first-order chi connectivity index (χ1) is 7.36. The van der Waals surface area contributed by atoms with E-state index >= 15 is 0 Å². The molecule has 0 amide bonds. The van der Waals surface area contributed by atoms with Crippen molar-refractivity contribution in [2.24, 2.45) is 0 Å². The second-order valence-electron chi connectivity index (χ2n) is 4.33. The Balaban J connectivity index is 2.95. The van der Waals surface area contributed by atoms with E-state index in [2.05, 4.69) is 27.3 Å². The predicted molar refractivity (Wildman–Crippen MR) is 68.2 cm³/mol. The Morgan fingerprint density at radius 1 is 1.50 bits per heavy atom. The molecule has 0 heterocycles. The third-order valence-corrected chi connectivity index (χ3v) is 3.26. The number of aliphatic hydroxyl groups excluding tert-OH is 1. The SMILES string of the molecule is CC(O)C(C)(C)Nc1ccc(C#N)cc1Br. The quantitative estimate of drug-likeness (QED) is 0.896. The molecule has 0 aliphatic heterocycles. The van der Waals surface area contributed by atoms with Gasteiger partial charge in [0.2, 0.25) is 0 Å². The summed E-state index contributed by atoms with van der Waals surface area (Å²) in [5, 5.41) is 21.6. The van der Waals surface area contributed by atoms with E-state index in [0.717, 1.165) is 10.2 Å². The van der Waals surface area contributed by atoms with E-state index in [1.165, 1.54) is 0 Å². The molecule has 0 fully saturated rings. The number of anilines is 1. The minimum Gasteiger partial charge on any atom is -0.391 e. The van der Waals surface area contributed by atoms with Crippen molar-refractivity contribution in [3.05, 3.63) is 28.2 Å². The monoisotopic (exact) mass is 282 g/mol. The van der Waals surface area contributed by atoms with E-state index in [0.29, 0.717) is 5.56 Å². The maximum atomic E-state index is 9.60. The van der Waals surface area contributed by atoms with E-state index in [4.69, 9.17) is 5.26 Å². The number of nitrogens with one attached hydrogen (secondary N) is 1. The highest BCUT2D eigenvalue weighted by molar-refractivity contribution is 9.10. The molecular weight excluding hydrogens is 268 g/mol. The van der Waals surface area contributed by atoms with Gasteiger partial charge in [0.15, 0.2) is 0 Å². The summed E-state index contributed by atoms with van der Waals surface area (Å²) in [7, 11) is 0. The standard InChI is InChI=1S/C12H15BrN2O/c1-8(16)12(2,3)15-11-5-4-9(7-14)6-10(11)13/h4-6,8,15-16H,1-3H3. The fourth-order valence-electron chi connectivity index (χ4n) is 1.14. The molecular formula is C12H15BrN2O. The smallest absolute Gasteiger partial charge is 0.0992 e. The Morgan fingerprint density at radius 2 is 2.12 bits per heavy atom. The van der Waals surface area contributed by atoms with Gasteiger partial charge in [0, 0.05) is 10.2 Å². The van der Waals surface area contributed by atoms with Crippen LogP contribution in [0.15, 0.2) is 22.7 Å². The van der Waals surface area contributed by atoms with Crippen LogP contribution in [-0.4, -0.2) is 16.7 Å². The molecule has 0 aromatic heterocycles. The Kier molecular flexibility index (Phi) is 3.95. The molecule has 0 aliphatic rings. The van der Waals surface area contributed by atoms with Gasteiger partial charge in [0.25, 0.3) is 0 Å². The first kappa shape index (κ1) is 13.0. The zero-order valence-electron chi connectivity index (χ0n) is 9.58. The maximum Gasteiger partial charge on any atom is 0.0992 e. The van der Waals surface area contributed by atoms with E-state index in [9.17, 15) is 5.11 Å². The van der Waals surface area contributed by atoms with Crippen LogP contribution in [0.5, 0.6) is 0 Å². The van der Waals surface area contributed by atoms with Crippen molar-refractivity contribution in [2.45, 2.75) is 32.4 Å². The second-order valence-corrected chi connectivity index (χ2v) is 5.18. The highest BCUT2D eigenvalue weighted by Gasteiger charge is 2.24. The van der Waals surface area contributed by atoms with Gasteiger partial charge in [0.05, 0.1) is 23.3 Å². The molecule has 1 atom stereocenters. The van der Waals surface area contributed by atoms with Gasteiger partial charge in [-0.3, -0.25) is 0 Å². The molecule has 2 N–H and O–H groups in total. The average molecular weight is 283 g/mol. The van der Waals surface area contributed by atoms with Crippen molar-refractivity contribution in [2.75, 3.05) is 5.32 Å². The lowest BCUT2D eigenvalue weighted by molar-refractivity contribution is 0.133. The Labute approximate surface area is 104 Å². The summed E-state index contributed by atoms with van der Waals surface area (Å²) in [5.41, 5.74) is 1.05. The molecule has 0 aliphatic carbocycles. The first-order valence-corrected chi connectivity index (χ1v) is 5.82. The third-order valence-electron chi connectivity index (χ3n) is 2.60. The molecule has 3 nitrogen and oxygen atoms in total. The zero-order chi connectivity index (χ0) is 12.3. The molecule has 1 rings (SSSR count). The van der Waals surface area contributed by atoms with Crippen molar-refractivity contribution >= 4 is 21.6 Å². The Morgan fingerprint density at radius 3 is 2.56 bits per heavy atom. The molecule has 1 aromatic rings. The summed E-state index contributed by atoms with van der Waals surface area (Å²) in [5.74, 6) is 0. The van der Waals surface area contributed by atoms with Crippen molar-refractivity contribution in [3.8, 4) is 6.07 Å². The van der Waals surface area contributed by atoms with Gasteiger partial charge in [-0.15, -0.1) is 0 Å². The van der Waals surface area contributed by atoms with E-state index in [1.54, 1.807) is 19.1 Å². The molecule has 1 aromatic carbocycles. The van der Waals surface area contributed by atoms with Crippen LogP contribution in [0.3, 0.4) is 0 Å². The van der Waals surface area contributed by atoms with Crippen molar-refractivity contribution in [3.63, 3.8) is 0 Å². The van der Waals surface area contributed by atoms with Gasteiger partial charge < -0.3 is 10.4 Å². The summed E-state index contributed by atoms with van der Waals surface area (Å²) < 4.78 is 0.820. The van der Waals surface area contributed by atoms with Crippen molar-refractivity contribution < 1.29 is 5.11 Å². The lowest BCUT2D eigenvalue weighted by atomic mass is 9.98. The second kappa shape index (κ2) is 4.86. The van der Waals surface area contributed by atoms with E-state index in [1.807, 2.05) is 19.9 Å². The fourth-order valence-corrected chi connectivity index (χ4v) is 1.62. The molecule has 1 unspecified atom stereocenters. The van der Waals surface area contributed by atoms with Crippen LogP contribution in [-0.2, 0) is 0 Å². The molecule has 0 saturated heterocycles. The molecule has 0 bridgehead atoms. The lowest BCUT2D eigenvalue weighted by Crippen LogP contribution is -2.41.